The lowest BCUT2D eigenvalue weighted by atomic mass is 10.2. The van der Waals surface area contributed by atoms with Crippen LogP contribution in [0, 0.1) is 0 Å². The summed E-state index contributed by atoms with van der Waals surface area (Å²) in [5, 5.41) is 10.5. The molecule has 0 atom stereocenters. The first-order valence-electron chi connectivity index (χ1n) is 8.84. The van der Waals surface area contributed by atoms with Gasteiger partial charge in [-0.2, -0.15) is 5.10 Å². The van der Waals surface area contributed by atoms with Crippen LogP contribution in [0.25, 0.3) is 0 Å². The Balaban J connectivity index is 1.58. The number of amidine groups is 1. The normalized spacial score (nSPS) is 15.9. The van der Waals surface area contributed by atoms with Crippen LogP contribution in [-0.2, 0) is 14.3 Å². The largest absolute Gasteiger partial charge is 0.497 e. The number of benzene rings is 2. The second kappa shape index (κ2) is 10.2. The van der Waals surface area contributed by atoms with Gasteiger partial charge in [-0.05, 0) is 65.9 Å². The Kier molecular flexibility index (Phi) is 7.17. The third-order valence-electron chi connectivity index (χ3n) is 3.87. The molecule has 1 aliphatic heterocycles. The predicted octanol–water partition coefficient (Wildman–Crippen LogP) is 2.52. The molecular formula is C21H17N3O6S. The van der Waals surface area contributed by atoms with Gasteiger partial charge in [0.2, 0.25) is 0 Å². The van der Waals surface area contributed by atoms with Gasteiger partial charge in [-0.25, -0.2) is 9.59 Å². The molecule has 0 aromatic heterocycles. The second-order valence-electron chi connectivity index (χ2n) is 5.92. The topological polar surface area (TPSA) is 116 Å². The quantitative estimate of drug-likeness (QED) is 0.242. The van der Waals surface area contributed by atoms with E-state index in [1.807, 2.05) is 0 Å². The molecular weight excluding hydrogens is 422 g/mol. The number of hydrogen-bond donors (Lipinski definition) is 1. The number of ether oxygens (including phenoxy) is 3. The first-order valence-corrected chi connectivity index (χ1v) is 9.66. The van der Waals surface area contributed by atoms with Gasteiger partial charge in [0.1, 0.15) is 11.5 Å². The van der Waals surface area contributed by atoms with E-state index < -0.39 is 17.8 Å². The fourth-order valence-corrected chi connectivity index (χ4v) is 3.04. The molecule has 1 fully saturated rings. The number of hydrogen-bond acceptors (Lipinski definition) is 9. The molecule has 0 aliphatic carbocycles. The van der Waals surface area contributed by atoms with Gasteiger partial charge in [-0.15, -0.1) is 5.10 Å². The average molecular weight is 439 g/mol. The third kappa shape index (κ3) is 6.03. The van der Waals surface area contributed by atoms with Gasteiger partial charge < -0.3 is 14.2 Å². The SMILES string of the molecule is COC(=O)/C=C1/S/C(=N\N=Cc2ccc(OC(=O)c3ccc(OC)cc3)cc2)NC1=O. The Labute approximate surface area is 181 Å². The van der Waals surface area contributed by atoms with E-state index in [4.69, 9.17) is 9.47 Å². The molecule has 1 heterocycles. The van der Waals surface area contributed by atoms with Gasteiger partial charge in [-0.1, -0.05) is 0 Å². The van der Waals surface area contributed by atoms with E-state index in [9.17, 15) is 14.4 Å². The van der Waals surface area contributed by atoms with Crippen LogP contribution in [0.2, 0.25) is 0 Å². The number of carbonyl (C=O) groups is 3. The van der Waals surface area contributed by atoms with Gasteiger partial charge in [0, 0.05) is 6.08 Å². The molecule has 1 saturated heterocycles. The Bertz CT molecular complexity index is 1080. The number of amides is 1. The zero-order chi connectivity index (χ0) is 22.2. The minimum Gasteiger partial charge on any atom is -0.497 e. The van der Waals surface area contributed by atoms with Gasteiger partial charge in [0.05, 0.1) is 30.9 Å². The molecule has 1 amide bonds. The molecule has 0 unspecified atom stereocenters. The highest BCUT2D eigenvalue weighted by Gasteiger charge is 2.25. The monoisotopic (exact) mass is 439 g/mol. The maximum atomic E-state index is 12.2. The van der Waals surface area contributed by atoms with Crippen LogP contribution >= 0.6 is 11.8 Å². The van der Waals surface area contributed by atoms with Gasteiger partial charge in [0.15, 0.2) is 5.17 Å². The Hall–Kier alpha value is -3.92. The molecule has 0 saturated carbocycles. The zero-order valence-electron chi connectivity index (χ0n) is 16.5. The summed E-state index contributed by atoms with van der Waals surface area (Å²) in [6.45, 7) is 0. The molecule has 158 valence electrons. The van der Waals surface area contributed by atoms with Gasteiger partial charge in [-0.3, -0.25) is 10.1 Å². The lowest BCUT2D eigenvalue weighted by Crippen LogP contribution is -2.19. The maximum absolute atomic E-state index is 12.2. The molecule has 0 radical (unpaired) electrons. The van der Waals surface area contributed by atoms with Crippen molar-refractivity contribution < 1.29 is 28.6 Å². The molecule has 3 rings (SSSR count). The summed E-state index contributed by atoms with van der Waals surface area (Å²) in [4.78, 5) is 35.3. The molecule has 0 bridgehead atoms. The average Bonchev–Trinajstić information content (AvgIpc) is 3.13. The van der Waals surface area contributed by atoms with Crippen molar-refractivity contribution in [2.45, 2.75) is 0 Å². The van der Waals surface area contributed by atoms with E-state index in [-0.39, 0.29) is 10.1 Å². The summed E-state index contributed by atoms with van der Waals surface area (Å²) in [5.74, 6) is -0.543. The molecule has 2 aromatic carbocycles. The molecule has 1 N–H and O–H groups in total. The van der Waals surface area contributed by atoms with Crippen molar-refractivity contribution in [3.8, 4) is 11.5 Å². The fourth-order valence-electron chi connectivity index (χ4n) is 2.30. The summed E-state index contributed by atoms with van der Waals surface area (Å²) < 4.78 is 14.9. The van der Waals surface area contributed by atoms with Crippen LogP contribution in [0.3, 0.4) is 0 Å². The highest BCUT2D eigenvalue weighted by atomic mass is 32.2. The zero-order valence-corrected chi connectivity index (χ0v) is 17.3. The van der Waals surface area contributed by atoms with Crippen LogP contribution in [0.4, 0.5) is 0 Å². The van der Waals surface area contributed by atoms with Crippen molar-refractivity contribution in [3.05, 3.63) is 70.6 Å². The van der Waals surface area contributed by atoms with Gasteiger partial charge >= 0.3 is 11.9 Å². The summed E-state index contributed by atoms with van der Waals surface area (Å²) in [7, 11) is 2.77. The second-order valence-corrected chi connectivity index (χ2v) is 6.96. The van der Waals surface area contributed by atoms with Gasteiger partial charge in [0.25, 0.3) is 5.91 Å². The number of carbonyl (C=O) groups excluding carboxylic acids is 3. The van der Waals surface area contributed by atoms with Crippen molar-refractivity contribution >= 4 is 41.0 Å². The van der Waals surface area contributed by atoms with E-state index in [2.05, 4.69) is 20.3 Å². The smallest absolute Gasteiger partial charge is 0.343 e. The van der Waals surface area contributed by atoms with E-state index in [0.29, 0.717) is 22.6 Å². The maximum Gasteiger partial charge on any atom is 0.343 e. The Morgan fingerprint density at radius 1 is 1.00 bits per heavy atom. The standard InChI is InChI=1S/C21H17N3O6S/c1-28-15-9-5-14(6-10-15)20(27)30-16-7-3-13(4-8-16)12-22-24-21-23-19(26)17(31-21)11-18(25)29-2/h3-12H,1-2H3,(H,23,24,26)/b17-11+,22-12?. The van der Waals surface area contributed by atoms with Crippen molar-refractivity contribution in [1.82, 2.24) is 5.32 Å². The van der Waals surface area contributed by atoms with E-state index in [1.165, 1.54) is 13.3 Å². The molecule has 0 spiro atoms. The Morgan fingerprint density at radius 3 is 2.32 bits per heavy atom. The van der Waals surface area contributed by atoms with Crippen LogP contribution in [0.15, 0.2) is 69.7 Å². The molecule has 9 nitrogen and oxygen atoms in total. The number of rotatable bonds is 6. The first-order chi connectivity index (χ1) is 15.0. The van der Waals surface area contributed by atoms with E-state index >= 15 is 0 Å². The highest BCUT2D eigenvalue weighted by molar-refractivity contribution is 8.18. The molecule has 2 aromatic rings. The van der Waals surface area contributed by atoms with Crippen LogP contribution in [-0.4, -0.2) is 43.4 Å². The van der Waals surface area contributed by atoms with E-state index in [1.54, 1.807) is 55.6 Å². The predicted molar refractivity (Wildman–Crippen MR) is 115 cm³/mol. The van der Waals surface area contributed by atoms with Crippen molar-refractivity contribution in [2.24, 2.45) is 10.2 Å². The fraction of sp³-hybridized carbons (Fsp3) is 0.0952. The molecule has 10 heteroatoms. The first kappa shape index (κ1) is 21.8. The number of methoxy groups -OCH3 is 2. The van der Waals surface area contributed by atoms with Crippen LogP contribution in [0.1, 0.15) is 15.9 Å². The molecule has 31 heavy (non-hydrogen) atoms. The van der Waals surface area contributed by atoms with Crippen molar-refractivity contribution in [3.63, 3.8) is 0 Å². The van der Waals surface area contributed by atoms with Crippen molar-refractivity contribution in [2.75, 3.05) is 14.2 Å². The number of thioether (sulfide) groups is 1. The van der Waals surface area contributed by atoms with Crippen molar-refractivity contribution in [1.29, 1.82) is 0 Å². The number of nitrogens with zero attached hydrogens (tertiary/aromatic N) is 2. The van der Waals surface area contributed by atoms with Crippen LogP contribution < -0.4 is 14.8 Å². The summed E-state index contributed by atoms with van der Waals surface area (Å²) in [6, 6.07) is 13.2. The summed E-state index contributed by atoms with van der Waals surface area (Å²) >= 11 is 0.978. The lowest BCUT2D eigenvalue weighted by molar-refractivity contribution is -0.135. The molecule has 1 aliphatic rings. The number of nitrogens with one attached hydrogen (secondary N) is 1. The summed E-state index contributed by atoms with van der Waals surface area (Å²) in [6.07, 6.45) is 2.55. The van der Waals surface area contributed by atoms with E-state index in [0.717, 1.165) is 17.8 Å². The minimum atomic E-state index is -0.629. The van der Waals surface area contributed by atoms with Crippen LogP contribution in [0.5, 0.6) is 11.5 Å². The Morgan fingerprint density at radius 2 is 1.68 bits per heavy atom. The number of esters is 2. The summed E-state index contributed by atoms with van der Waals surface area (Å²) in [5.41, 5.74) is 1.10. The third-order valence-corrected chi connectivity index (χ3v) is 4.77. The lowest BCUT2D eigenvalue weighted by Gasteiger charge is -2.05. The highest BCUT2D eigenvalue weighted by Crippen LogP contribution is 2.23. The minimum absolute atomic E-state index is 0.170.